The molecule has 0 aliphatic rings. The van der Waals surface area contributed by atoms with Gasteiger partial charge in [0.05, 0.1) is 5.56 Å². The van der Waals surface area contributed by atoms with Crippen molar-refractivity contribution in [2.24, 2.45) is 0 Å². The molecule has 0 atom stereocenters. The van der Waals surface area contributed by atoms with E-state index in [9.17, 15) is 13.6 Å². The number of aryl methyl sites for hydroxylation is 1. The van der Waals surface area contributed by atoms with E-state index in [1.165, 1.54) is 6.20 Å². The van der Waals surface area contributed by atoms with Crippen molar-refractivity contribution in [2.75, 3.05) is 12.3 Å². The third kappa shape index (κ3) is 3.71. The molecular weight excluding hydrogens is 278 g/mol. The number of nitrogens with two attached hydrogens (primary N) is 1. The monoisotopic (exact) mass is 292 g/mol. The zero-order chi connectivity index (χ0) is 15.4. The predicted molar refractivity (Wildman–Crippen MR) is 73.6 cm³/mol. The van der Waals surface area contributed by atoms with E-state index in [-0.39, 0.29) is 29.9 Å². The van der Waals surface area contributed by atoms with E-state index in [4.69, 9.17) is 5.73 Å². The highest BCUT2D eigenvalue weighted by Crippen LogP contribution is 2.10. The Morgan fingerprint density at radius 2 is 2.14 bits per heavy atom. The molecule has 0 bridgehead atoms. The first-order chi connectivity index (χ1) is 9.97. The Kier molecular flexibility index (Phi) is 4.42. The number of rotatable bonds is 4. The van der Waals surface area contributed by atoms with E-state index in [1.807, 2.05) is 0 Å². The van der Waals surface area contributed by atoms with Crippen LogP contribution in [-0.4, -0.2) is 22.4 Å². The van der Waals surface area contributed by atoms with Crippen LogP contribution in [-0.2, 0) is 6.42 Å². The Morgan fingerprint density at radius 1 is 1.38 bits per heavy atom. The first kappa shape index (κ1) is 14.8. The molecule has 2 rings (SSSR count). The van der Waals surface area contributed by atoms with Gasteiger partial charge in [0.1, 0.15) is 23.3 Å². The third-order valence-electron chi connectivity index (χ3n) is 2.87. The van der Waals surface area contributed by atoms with Crippen LogP contribution in [0.15, 0.2) is 24.4 Å². The molecule has 0 radical (unpaired) electrons. The number of benzene rings is 1. The molecule has 0 aliphatic carbocycles. The van der Waals surface area contributed by atoms with Crippen molar-refractivity contribution < 1.29 is 13.6 Å². The summed E-state index contributed by atoms with van der Waals surface area (Å²) >= 11 is 0. The lowest BCUT2D eigenvalue weighted by Crippen LogP contribution is -2.27. The number of carbonyl (C=O) groups excluding carboxylic acids is 1. The Bertz CT molecular complexity index is 676. The summed E-state index contributed by atoms with van der Waals surface area (Å²) in [5, 5.41) is 2.57. The molecule has 2 aromatic rings. The van der Waals surface area contributed by atoms with Crippen molar-refractivity contribution in [1.82, 2.24) is 15.3 Å². The number of nitrogens with one attached hydrogen (secondary N) is 1. The van der Waals surface area contributed by atoms with Gasteiger partial charge in [-0.3, -0.25) is 4.79 Å². The first-order valence-corrected chi connectivity index (χ1v) is 6.28. The average molecular weight is 292 g/mol. The van der Waals surface area contributed by atoms with Gasteiger partial charge in [-0.1, -0.05) is 0 Å². The van der Waals surface area contributed by atoms with E-state index in [0.29, 0.717) is 5.82 Å². The molecule has 3 N–H and O–H groups in total. The molecule has 7 heteroatoms. The predicted octanol–water partition coefficient (Wildman–Crippen LogP) is 1.62. The van der Waals surface area contributed by atoms with Crippen molar-refractivity contribution in [3.63, 3.8) is 0 Å². The maximum atomic E-state index is 13.4. The number of nitrogen functional groups attached to an aromatic ring is 1. The molecule has 110 valence electrons. The largest absolute Gasteiger partial charge is 0.383 e. The first-order valence-electron chi connectivity index (χ1n) is 6.28. The lowest BCUT2D eigenvalue weighted by Gasteiger charge is -2.08. The zero-order valence-electron chi connectivity index (χ0n) is 11.4. The van der Waals surface area contributed by atoms with E-state index in [1.54, 1.807) is 6.92 Å². The van der Waals surface area contributed by atoms with Crippen molar-refractivity contribution in [3.05, 3.63) is 53.0 Å². The molecule has 0 unspecified atom stereocenters. The second-order valence-electron chi connectivity index (χ2n) is 4.46. The van der Waals surface area contributed by atoms with Crippen LogP contribution in [0.4, 0.5) is 14.6 Å². The second-order valence-corrected chi connectivity index (χ2v) is 4.46. The fourth-order valence-corrected chi connectivity index (χ4v) is 1.80. The lowest BCUT2D eigenvalue weighted by atomic mass is 10.1. The van der Waals surface area contributed by atoms with Crippen LogP contribution in [0.2, 0.25) is 0 Å². The van der Waals surface area contributed by atoms with E-state index in [2.05, 4.69) is 15.3 Å². The topological polar surface area (TPSA) is 80.9 Å². The Labute approximate surface area is 120 Å². The number of amides is 1. The summed E-state index contributed by atoms with van der Waals surface area (Å²) < 4.78 is 26.4. The van der Waals surface area contributed by atoms with Crippen molar-refractivity contribution in [2.45, 2.75) is 13.3 Å². The van der Waals surface area contributed by atoms with Crippen LogP contribution in [0.5, 0.6) is 0 Å². The van der Waals surface area contributed by atoms with Crippen LogP contribution < -0.4 is 11.1 Å². The molecule has 1 aromatic heterocycles. The molecular formula is C14H14F2N4O. The van der Waals surface area contributed by atoms with E-state index < -0.39 is 17.5 Å². The Morgan fingerprint density at radius 3 is 2.86 bits per heavy atom. The van der Waals surface area contributed by atoms with Crippen molar-refractivity contribution in [3.8, 4) is 0 Å². The standard InChI is InChI=1S/C14H14F2N4O/c1-8-19-7-11(13(17)20-8)14(21)18-5-4-9-6-10(15)2-3-12(9)16/h2-3,6-7H,4-5H2,1H3,(H,18,21)(H2,17,19,20). The maximum absolute atomic E-state index is 13.4. The highest BCUT2D eigenvalue weighted by molar-refractivity contribution is 5.97. The fourth-order valence-electron chi connectivity index (χ4n) is 1.80. The molecule has 21 heavy (non-hydrogen) atoms. The third-order valence-corrected chi connectivity index (χ3v) is 2.87. The number of aromatic nitrogens is 2. The maximum Gasteiger partial charge on any atom is 0.256 e. The summed E-state index contributed by atoms with van der Waals surface area (Å²) in [5.41, 5.74) is 5.98. The number of hydrogen-bond acceptors (Lipinski definition) is 4. The molecule has 0 saturated heterocycles. The number of carbonyl (C=O) groups is 1. The van der Waals surface area contributed by atoms with Crippen LogP contribution >= 0.6 is 0 Å². The van der Waals surface area contributed by atoms with Gasteiger partial charge in [-0.25, -0.2) is 18.7 Å². The van der Waals surface area contributed by atoms with Gasteiger partial charge in [-0.15, -0.1) is 0 Å². The molecule has 1 amide bonds. The van der Waals surface area contributed by atoms with Gasteiger partial charge in [0.25, 0.3) is 5.91 Å². The summed E-state index contributed by atoms with van der Waals surface area (Å²) in [7, 11) is 0. The molecule has 0 spiro atoms. The molecule has 5 nitrogen and oxygen atoms in total. The van der Waals surface area contributed by atoms with Crippen LogP contribution in [0.1, 0.15) is 21.7 Å². The van der Waals surface area contributed by atoms with Gasteiger partial charge in [-0.05, 0) is 37.1 Å². The van der Waals surface area contributed by atoms with Crippen molar-refractivity contribution in [1.29, 1.82) is 0 Å². The smallest absolute Gasteiger partial charge is 0.256 e. The number of halogens is 2. The van der Waals surface area contributed by atoms with Gasteiger partial charge in [0.15, 0.2) is 0 Å². The Balaban J connectivity index is 1.97. The van der Waals surface area contributed by atoms with E-state index >= 15 is 0 Å². The summed E-state index contributed by atoms with van der Waals surface area (Å²) in [6.07, 6.45) is 1.50. The minimum atomic E-state index is -0.520. The van der Waals surface area contributed by atoms with Crippen LogP contribution in [0.25, 0.3) is 0 Å². The highest BCUT2D eigenvalue weighted by atomic mass is 19.1. The SMILES string of the molecule is Cc1ncc(C(=O)NCCc2cc(F)ccc2F)c(N)n1. The minimum Gasteiger partial charge on any atom is -0.383 e. The molecule has 1 aromatic carbocycles. The minimum absolute atomic E-state index is 0.0805. The van der Waals surface area contributed by atoms with Gasteiger partial charge < -0.3 is 11.1 Å². The normalized spacial score (nSPS) is 10.4. The summed E-state index contributed by atoms with van der Waals surface area (Å²) in [6, 6.07) is 3.20. The zero-order valence-corrected chi connectivity index (χ0v) is 11.4. The fraction of sp³-hybridized carbons (Fsp3) is 0.214. The Hall–Kier alpha value is -2.57. The van der Waals surface area contributed by atoms with Gasteiger partial charge in [0, 0.05) is 12.7 Å². The highest BCUT2D eigenvalue weighted by Gasteiger charge is 2.11. The molecule has 0 saturated carbocycles. The second kappa shape index (κ2) is 6.25. The van der Waals surface area contributed by atoms with Gasteiger partial charge in [-0.2, -0.15) is 0 Å². The molecule has 1 heterocycles. The summed E-state index contributed by atoms with van der Waals surface area (Å²) in [4.78, 5) is 19.7. The van der Waals surface area contributed by atoms with Crippen LogP contribution in [0, 0.1) is 18.6 Å². The van der Waals surface area contributed by atoms with Crippen molar-refractivity contribution >= 4 is 11.7 Å². The summed E-state index contributed by atoms with van der Waals surface area (Å²) in [5.74, 6) is -0.940. The molecule has 0 fully saturated rings. The van der Waals surface area contributed by atoms with Crippen LogP contribution in [0.3, 0.4) is 0 Å². The number of anilines is 1. The molecule has 0 aliphatic heterocycles. The summed E-state index contributed by atoms with van der Waals surface area (Å²) in [6.45, 7) is 1.80. The lowest BCUT2D eigenvalue weighted by molar-refractivity contribution is 0.0954. The van der Waals surface area contributed by atoms with Gasteiger partial charge in [0.2, 0.25) is 0 Å². The average Bonchev–Trinajstić information content (AvgIpc) is 2.42. The van der Waals surface area contributed by atoms with Gasteiger partial charge >= 0.3 is 0 Å². The number of nitrogens with zero attached hydrogens (tertiary/aromatic N) is 2. The van der Waals surface area contributed by atoms with E-state index in [0.717, 1.165) is 18.2 Å². The number of hydrogen-bond donors (Lipinski definition) is 2. The quantitative estimate of drug-likeness (QED) is 0.897.